The van der Waals surface area contributed by atoms with E-state index in [-0.39, 0.29) is 12.5 Å². The maximum Gasteiger partial charge on any atom is 0.251 e. The first-order chi connectivity index (χ1) is 7.00. The van der Waals surface area contributed by atoms with E-state index in [1.165, 1.54) is 5.56 Å². The highest BCUT2D eigenvalue weighted by Gasteiger charge is 2.06. The average molecular weight is 207 g/mol. The molecule has 1 aromatic rings. The Labute approximate surface area is 90.1 Å². The number of hydrogen-bond acceptors (Lipinski definition) is 2. The van der Waals surface area contributed by atoms with Crippen LogP contribution >= 0.6 is 0 Å². The summed E-state index contributed by atoms with van der Waals surface area (Å²) in [7, 11) is 0. The fourth-order valence-corrected chi connectivity index (χ4v) is 1.23. The summed E-state index contributed by atoms with van der Waals surface area (Å²) in [6.45, 7) is 5.90. The summed E-state index contributed by atoms with van der Waals surface area (Å²) >= 11 is 0. The van der Waals surface area contributed by atoms with Crippen molar-refractivity contribution in [2.24, 2.45) is 0 Å². The molecule has 1 amide bonds. The fourth-order valence-electron chi connectivity index (χ4n) is 1.23. The summed E-state index contributed by atoms with van der Waals surface area (Å²) in [6.07, 6.45) is -0.513. The van der Waals surface area contributed by atoms with E-state index in [0.29, 0.717) is 5.56 Å². The Morgan fingerprint density at radius 1 is 1.40 bits per heavy atom. The molecule has 0 spiro atoms. The Kier molecular flexibility index (Phi) is 3.86. The van der Waals surface area contributed by atoms with Crippen molar-refractivity contribution in [3.63, 3.8) is 0 Å². The molecule has 1 unspecified atom stereocenters. The second-order valence-corrected chi connectivity index (χ2v) is 3.86. The first kappa shape index (κ1) is 11.7. The topological polar surface area (TPSA) is 49.3 Å². The van der Waals surface area contributed by atoms with E-state index in [1.54, 1.807) is 13.0 Å². The van der Waals surface area contributed by atoms with Crippen LogP contribution in [0.5, 0.6) is 0 Å². The lowest BCUT2D eigenvalue weighted by Gasteiger charge is -2.08. The molecular weight excluding hydrogens is 190 g/mol. The largest absolute Gasteiger partial charge is 0.392 e. The van der Waals surface area contributed by atoms with Crippen LogP contribution in [0, 0.1) is 13.8 Å². The van der Waals surface area contributed by atoms with E-state index in [9.17, 15) is 4.79 Å². The van der Waals surface area contributed by atoms with Crippen LogP contribution in [0.4, 0.5) is 0 Å². The van der Waals surface area contributed by atoms with Crippen molar-refractivity contribution in [2.45, 2.75) is 26.9 Å². The van der Waals surface area contributed by atoms with Crippen LogP contribution < -0.4 is 5.32 Å². The maximum atomic E-state index is 11.6. The molecule has 1 atom stereocenters. The summed E-state index contributed by atoms with van der Waals surface area (Å²) in [5.41, 5.74) is 2.90. The molecule has 1 rings (SSSR count). The number of amides is 1. The van der Waals surface area contributed by atoms with Gasteiger partial charge in [0.15, 0.2) is 0 Å². The predicted octanol–water partition coefficient (Wildman–Crippen LogP) is 1.41. The van der Waals surface area contributed by atoms with Gasteiger partial charge in [0.05, 0.1) is 6.10 Å². The zero-order valence-electron chi connectivity index (χ0n) is 9.37. The van der Waals surface area contributed by atoms with Gasteiger partial charge >= 0.3 is 0 Å². The summed E-state index contributed by atoms with van der Waals surface area (Å²) in [6, 6.07) is 5.57. The van der Waals surface area contributed by atoms with Crippen LogP contribution in [0.2, 0.25) is 0 Å². The minimum absolute atomic E-state index is 0.140. The minimum Gasteiger partial charge on any atom is -0.392 e. The SMILES string of the molecule is Cc1ccc(C(=O)NCC(C)O)cc1C. The van der Waals surface area contributed by atoms with Crippen LogP contribution in [0.25, 0.3) is 0 Å². The summed E-state index contributed by atoms with van der Waals surface area (Å²) in [4.78, 5) is 11.6. The zero-order valence-corrected chi connectivity index (χ0v) is 9.37. The van der Waals surface area contributed by atoms with Gasteiger partial charge in [-0.15, -0.1) is 0 Å². The molecule has 15 heavy (non-hydrogen) atoms. The van der Waals surface area contributed by atoms with Gasteiger partial charge in [-0.25, -0.2) is 0 Å². The van der Waals surface area contributed by atoms with Crippen molar-refractivity contribution >= 4 is 5.91 Å². The quantitative estimate of drug-likeness (QED) is 0.787. The number of aliphatic hydroxyl groups is 1. The Balaban J connectivity index is 2.70. The number of hydrogen-bond donors (Lipinski definition) is 2. The van der Waals surface area contributed by atoms with Gasteiger partial charge in [0.1, 0.15) is 0 Å². The van der Waals surface area contributed by atoms with Gasteiger partial charge < -0.3 is 10.4 Å². The molecule has 82 valence electrons. The number of carbonyl (C=O) groups excluding carboxylic acids is 1. The maximum absolute atomic E-state index is 11.6. The molecule has 0 heterocycles. The van der Waals surface area contributed by atoms with Crippen molar-refractivity contribution in [1.82, 2.24) is 5.32 Å². The van der Waals surface area contributed by atoms with Crippen LogP contribution in [-0.4, -0.2) is 23.7 Å². The van der Waals surface area contributed by atoms with Crippen molar-refractivity contribution in [1.29, 1.82) is 0 Å². The third-order valence-corrected chi connectivity index (χ3v) is 2.33. The van der Waals surface area contributed by atoms with Gasteiger partial charge in [-0.3, -0.25) is 4.79 Å². The average Bonchev–Trinajstić information content (AvgIpc) is 2.18. The molecule has 0 saturated carbocycles. The van der Waals surface area contributed by atoms with Crippen LogP contribution in [-0.2, 0) is 0 Å². The molecule has 0 bridgehead atoms. The predicted molar refractivity (Wildman–Crippen MR) is 59.9 cm³/mol. The highest BCUT2D eigenvalue weighted by Crippen LogP contribution is 2.09. The molecule has 0 aliphatic heterocycles. The number of benzene rings is 1. The summed E-state index contributed by atoms with van der Waals surface area (Å²) < 4.78 is 0. The van der Waals surface area contributed by atoms with Gasteiger partial charge in [-0.2, -0.15) is 0 Å². The monoisotopic (exact) mass is 207 g/mol. The molecule has 0 fully saturated rings. The molecule has 3 nitrogen and oxygen atoms in total. The number of aryl methyl sites for hydroxylation is 2. The number of rotatable bonds is 3. The Morgan fingerprint density at radius 3 is 2.60 bits per heavy atom. The van der Waals surface area contributed by atoms with Crippen molar-refractivity contribution in [2.75, 3.05) is 6.54 Å². The van der Waals surface area contributed by atoms with Gasteiger partial charge in [0, 0.05) is 12.1 Å². The Hall–Kier alpha value is -1.35. The van der Waals surface area contributed by atoms with E-state index in [0.717, 1.165) is 5.56 Å². The molecule has 1 aromatic carbocycles. The lowest BCUT2D eigenvalue weighted by molar-refractivity contribution is 0.0924. The number of aliphatic hydroxyl groups excluding tert-OH is 1. The number of nitrogens with one attached hydrogen (secondary N) is 1. The standard InChI is InChI=1S/C12H17NO2/c1-8-4-5-11(6-9(8)2)12(15)13-7-10(3)14/h4-6,10,14H,7H2,1-3H3,(H,13,15). The Morgan fingerprint density at radius 2 is 2.07 bits per heavy atom. The highest BCUT2D eigenvalue weighted by atomic mass is 16.3. The molecule has 0 aliphatic carbocycles. The Bertz CT molecular complexity index is 359. The van der Waals surface area contributed by atoms with Crippen LogP contribution in [0.3, 0.4) is 0 Å². The van der Waals surface area contributed by atoms with Crippen molar-refractivity contribution in [3.8, 4) is 0 Å². The molecule has 3 heteroatoms. The fraction of sp³-hybridized carbons (Fsp3) is 0.417. The van der Waals surface area contributed by atoms with Crippen molar-refractivity contribution < 1.29 is 9.90 Å². The lowest BCUT2D eigenvalue weighted by Crippen LogP contribution is -2.30. The normalized spacial score (nSPS) is 12.3. The zero-order chi connectivity index (χ0) is 11.4. The molecule has 0 aromatic heterocycles. The van der Waals surface area contributed by atoms with E-state index < -0.39 is 6.10 Å². The number of carbonyl (C=O) groups is 1. The van der Waals surface area contributed by atoms with Gasteiger partial charge in [0.2, 0.25) is 0 Å². The minimum atomic E-state index is -0.513. The summed E-state index contributed by atoms with van der Waals surface area (Å²) in [5.74, 6) is -0.140. The summed E-state index contributed by atoms with van der Waals surface area (Å²) in [5, 5.41) is 11.7. The third kappa shape index (κ3) is 3.36. The van der Waals surface area contributed by atoms with E-state index in [2.05, 4.69) is 5.32 Å². The molecule has 0 saturated heterocycles. The highest BCUT2D eigenvalue weighted by molar-refractivity contribution is 5.94. The van der Waals surface area contributed by atoms with E-state index in [4.69, 9.17) is 5.11 Å². The van der Waals surface area contributed by atoms with Crippen LogP contribution in [0.1, 0.15) is 28.4 Å². The first-order valence-electron chi connectivity index (χ1n) is 5.04. The van der Waals surface area contributed by atoms with Crippen molar-refractivity contribution in [3.05, 3.63) is 34.9 Å². The van der Waals surface area contributed by atoms with Crippen LogP contribution in [0.15, 0.2) is 18.2 Å². The van der Waals surface area contributed by atoms with E-state index >= 15 is 0 Å². The molecule has 0 radical (unpaired) electrons. The molecular formula is C12H17NO2. The van der Waals surface area contributed by atoms with Gasteiger partial charge in [-0.05, 0) is 44.0 Å². The van der Waals surface area contributed by atoms with E-state index in [1.807, 2.05) is 26.0 Å². The second kappa shape index (κ2) is 4.94. The smallest absolute Gasteiger partial charge is 0.251 e. The lowest BCUT2D eigenvalue weighted by atomic mass is 10.1. The first-order valence-corrected chi connectivity index (χ1v) is 5.04. The molecule has 0 aliphatic rings. The van der Waals surface area contributed by atoms with Gasteiger partial charge in [-0.1, -0.05) is 6.07 Å². The third-order valence-electron chi connectivity index (χ3n) is 2.33. The second-order valence-electron chi connectivity index (χ2n) is 3.86. The molecule has 2 N–H and O–H groups in total. The van der Waals surface area contributed by atoms with Gasteiger partial charge in [0.25, 0.3) is 5.91 Å².